The number of rotatable bonds is 5. The molecule has 0 bridgehead atoms. The third-order valence-corrected chi connectivity index (χ3v) is 4.08. The number of benzene rings is 1. The Bertz CT molecular complexity index is 674. The third-order valence-electron chi connectivity index (χ3n) is 3.03. The summed E-state index contributed by atoms with van der Waals surface area (Å²) in [6.07, 6.45) is -4.59. The zero-order valence-electron chi connectivity index (χ0n) is 12.2. The van der Waals surface area contributed by atoms with Gasteiger partial charge in [-0.25, -0.2) is 0 Å². The molecule has 1 amide bonds. The predicted molar refractivity (Wildman–Crippen MR) is 85.7 cm³/mol. The van der Waals surface area contributed by atoms with Gasteiger partial charge in [0.1, 0.15) is 0 Å². The van der Waals surface area contributed by atoms with Crippen LogP contribution >= 0.6 is 22.9 Å². The van der Waals surface area contributed by atoms with Gasteiger partial charge in [0.15, 0.2) is 0 Å². The standard InChI is InChI=1S/C15H14ClF3N2OS/c1-21(7-10-5-6-23-9-10)8-13(22)20-14-11(15(17,18)19)3-2-4-12(14)16/h2-6,9H,7-8H2,1H3,(H,20,22). The normalized spacial score (nSPS) is 11.7. The molecule has 1 aromatic heterocycles. The van der Waals surface area contributed by atoms with Crippen molar-refractivity contribution in [1.29, 1.82) is 0 Å². The lowest BCUT2D eigenvalue weighted by Crippen LogP contribution is -2.30. The highest BCUT2D eigenvalue weighted by molar-refractivity contribution is 7.07. The van der Waals surface area contributed by atoms with Crippen molar-refractivity contribution in [2.24, 2.45) is 0 Å². The number of hydrogen-bond acceptors (Lipinski definition) is 3. The highest BCUT2D eigenvalue weighted by Crippen LogP contribution is 2.38. The first kappa shape index (κ1) is 17.8. The van der Waals surface area contributed by atoms with E-state index in [-0.39, 0.29) is 11.6 Å². The van der Waals surface area contributed by atoms with Crippen LogP contribution < -0.4 is 5.32 Å². The number of carbonyl (C=O) groups is 1. The van der Waals surface area contributed by atoms with Crippen LogP contribution in [0.15, 0.2) is 35.0 Å². The van der Waals surface area contributed by atoms with E-state index in [1.807, 2.05) is 16.8 Å². The van der Waals surface area contributed by atoms with E-state index in [9.17, 15) is 18.0 Å². The Balaban J connectivity index is 2.05. The summed E-state index contributed by atoms with van der Waals surface area (Å²) in [6, 6.07) is 5.32. The number of hydrogen-bond donors (Lipinski definition) is 1. The summed E-state index contributed by atoms with van der Waals surface area (Å²) in [5.41, 5.74) is -0.325. The average molecular weight is 363 g/mol. The molecule has 0 spiro atoms. The summed E-state index contributed by atoms with van der Waals surface area (Å²) in [5.74, 6) is -0.554. The van der Waals surface area contributed by atoms with Crippen LogP contribution in [0.1, 0.15) is 11.1 Å². The second kappa shape index (κ2) is 7.33. The average Bonchev–Trinajstić information content (AvgIpc) is 2.92. The van der Waals surface area contributed by atoms with Gasteiger partial charge in [0.2, 0.25) is 5.91 Å². The van der Waals surface area contributed by atoms with E-state index < -0.39 is 23.3 Å². The van der Waals surface area contributed by atoms with Gasteiger partial charge in [-0.05, 0) is 41.6 Å². The van der Waals surface area contributed by atoms with Gasteiger partial charge in [-0.15, -0.1) is 0 Å². The molecule has 0 fully saturated rings. The van der Waals surface area contributed by atoms with Gasteiger partial charge in [-0.1, -0.05) is 17.7 Å². The lowest BCUT2D eigenvalue weighted by atomic mass is 10.1. The summed E-state index contributed by atoms with van der Waals surface area (Å²) in [6.45, 7) is 0.490. The SMILES string of the molecule is CN(CC(=O)Nc1c(Cl)cccc1C(F)(F)F)Cc1ccsc1. The number of nitrogens with zero attached hydrogens (tertiary/aromatic N) is 1. The Labute approximate surface area is 140 Å². The molecule has 0 aliphatic rings. The Morgan fingerprint density at radius 2 is 2.09 bits per heavy atom. The summed E-state index contributed by atoms with van der Waals surface area (Å²) in [5, 5.41) is 5.99. The predicted octanol–water partition coefficient (Wildman–Crippen LogP) is 4.49. The second-order valence-electron chi connectivity index (χ2n) is 5.01. The molecule has 8 heteroatoms. The van der Waals surface area contributed by atoms with E-state index in [0.717, 1.165) is 11.6 Å². The number of amides is 1. The molecule has 2 rings (SSSR count). The molecule has 0 unspecified atom stereocenters. The number of anilines is 1. The maximum absolute atomic E-state index is 13.0. The molecule has 0 saturated carbocycles. The summed E-state index contributed by atoms with van der Waals surface area (Å²) >= 11 is 7.34. The first-order chi connectivity index (χ1) is 10.8. The fourth-order valence-electron chi connectivity index (χ4n) is 2.06. The van der Waals surface area contributed by atoms with Crippen molar-refractivity contribution in [1.82, 2.24) is 4.90 Å². The van der Waals surface area contributed by atoms with Gasteiger partial charge in [0.05, 0.1) is 22.8 Å². The van der Waals surface area contributed by atoms with Gasteiger partial charge in [0.25, 0.3) is 0 Å². The maximum Gasteiger partial charge on any atom is 0.418 e. The van der Waals surface area contributed by atoms with E-state index in [2.05, 4.69) is 5.32 Å². The lowest BCUT2D eigenvalue weighted by molar-refractivity contribution is -0.137. The van der Waals surface area contributed by atoms with Crippen molar-refractivity contribution in [3.8, 4) is 0 Å². The van der Waals surface area contributed by atoms with Crippen molar-refractivity contribution in [2.75, 3.05) is 18.9 Å². The zero-order chi connectivity index (χ0) is 17.0. The minimum absolute atomic E-state index is 0.0433. The van der Waals surface area contributed by atoms with Crippen LogP contribution in [0.3, 0.4) is 0 Å². The third kappa shape index (κ3) is 4.95. The fourth-order valence-corrected chi connectivity index (χ4v) is 2.94. The Morgan fingerprint density at radius 1 is 1.35 bits per heavy atom. The summed E-state index contributed by atoms with van der Waals surface area (Å²) < 4.78 is 38.9. The van der Waals surface area contributed by atoms with E-state index in [1.165, 1.54) is 12.1 Å². The highest BCUT2D eigenvalue weighted by Gasteiger charge is 2.34. The first-order valence-electron chi connectivity index (χ1n) is 6.62. The smallest absolute Gasteiger partial charge is 0.323 e. The number of likely N-dealkylation sites (N-methyl/N-ethyl adjacent to an activating group) is 1. The van der Waals surface area contributed by atoms with Crippen LogP contribution in [-0.2, 0) is 17.5 Å². The Morgan fingerprint density at radius 3 is 2.70 bits per heavy atom. The van der Waals surface area contributed by atoms with Crippen LogP contribution in [0.5, 0.6) is 0 Å². The quantitative estimate of drug-likeness (QED) is 0.849. The number of para-hydroxylation sites is 1. The van der Waals surface area contributed by atoms with E-state index in [0.29, 0.717) is 6.54 Å². The largest absolute Gasteiger partial charge is 0.418 e. The topological polar surface area (TPSA) is 32.3 Å². The number of nitrogens with one attached hydrogen (secondary N) is 1. The number of carbonyl (C=O) groups excluding carboxylic acids is 1. The van der Waals surface area contributed by atoms with Gasteiger partial charge < -0.3 is 5.32 Å². The van der Waals surface area contributed by atoms with Crippen LogP contribution in [0.4, 0.5) is 18.9 Å². The molecule has 0 saturated heterocycles. The van der Waals surface area contributed by atoms with Crippen molar-refractivity contribution in [3.63, 3.8) is 0 Å². The maximum atomic E-state index is 13.0. The number of thiophene rings is 1. The Hall–Kier alpha value is -1.57. The highest BCUT2D eigenvalue weighted by atomic mass is 35.5. The minimum Gasteiger partial charge on any atom is -0.323 e. The molecule has 23 heavy (non-hydrogen) atoms. The first-order valence-corrected chi connectivity index (χ1v) is 7.94. The monoisotopic (exact) mass is 362 g/mol. The minimum atomic E-state index is -4.59. The van der Waals surface area contributed by atoms with Crippen molar-refractivity contribution < 1.29 is 18.0 Å². The summed E-state index contributed by atoms with van der Waals surface area (Å²) in [4.78, 5) is 13.7. The van der Waals surface area contributed by atoms with Gasteiger partial charge >= 0.3 is 6.18 Å². The summed E-state index contributed by atoms with van der Waals surface area (Å²) in [7, 11) is 1.72. The van der Waals surface area contributed by atoms with E-state index >= 15 is 0 Å². The van der Waals surface area contributed by atoms with Gasteiger partial charge in [-0.2, -0.15) is 24.5 Å². The fraction of sp³-hybridized carbons (Fsp3) is 0.267. The molecule has 1 aromatic carbocycles. The van der Waals surface area contributed by atoms with Gasteiger partial charge in [0, 0.05) is 6.54 Å². The molecule has 0 aliphatic carbocycles. The van der Waals surface area contributed by atoms with Crippen molar-refractivity contribution >= 4 is 34.5 Å². The van der Waals surface area contributed by atoms with Crippen LogP contribution in [0.25, 0.3) is 0 Å². The molecule has 3 nitrogen and oxygen atoms in total. The molecule has 0 aliphatic heterocycles. The van der Waals surface area contributed by atoms with E-state index in [1.54, 1.807) is 23.3 Å². The second-order valence-corrected chi connectivity index (χ2v) is 6.20. The zero-order valence-corrected chi connectivity index (χ0v) is 13.7. The molecular weight excluding hydrogens is 349 g/mol. The van der Waals surface area contributed by atoms with Gasteiger partial charge in [-0.3, -0.25) is 9.69 Å². The van der Waals surface area contributed by atoms with Crippen LogP contribution in [0, 0.1) is 0 Å². The van der Waals surface area contributed by atoms with Crippen LogP contribution in [-0.4, -0.2) is 24.4 Å². The molecular formula is C15H14ClF3N2OS. The lowest BCUT2D eigenvalue weighted by Gasteiger charge is -2.18. The molecule has 124 valence electrons. The molecule has 0 radical (unpaired) electrons. The Kier molecular flexibility index (Phi) is 5.67. The molecule has 1 heterocycles. The van der Waals surface area contributed by atoms with Crippen molar-refractivity contribution in [3.05, 3.63) is 51.2 Å². The number of alkyl halides is 3. The number of halogens is 4. The molecule has 0 atom stereocenters. The molecule has 1 N–H and O–H groups in total. The van der Waals surface area contributed by atoms with E-state index in [4.69, 9.17) is 11.6 Å². The van der Waals surface area contributed by atoms with Crippen molar-refractivity contribution in [2.45, 2.75) is 12.7 Å². The van der Waals surface area contributed by atoms with Crippen LogP contribution in [0.2, 0.25) is 5.02 Å². The molecule has 2 aromatic rings.